The second-order valence-electron chi connectivity index (χ2n) is 5.45. The molecule has 2 aromatic carbocycles. The van der Waals surface area contributed by atoms with Gasteiger partial charge in [-0.15, -0.1) is 0 Å². The first kappa shape index (κ1) is 18.7. The van der Waals surface area contributed by atoms with Crippen molar-refractivity contribution < 1.29 is 22.7 Å². The van der Waals surface area contributed by atoms with Crippen LogP contribution in [0.15, 0.2) is 54.6 Å². The van der Waals surface area contributed by atoms with Crippen LogP contribution < -0.4 is 4.72 Å². The number of benzene rings is 2. The average Bonchev–Trinajstić information content (AvgIpc) is 2.58. The fourth-order valence-electron chi connectivity index (χ4n) is 2.19. The molecule has 0 amide bonds. The fraction of sp³-hybridized carbons (Fsp3) is 0.222. The zero-order valence-electron chi connectivity index (χ0n) is 13.8. The Balaban J connectivity index is 1.88. The van der Waals surface area contributed by atoms with E-state index < -0.39 is 16.0 Å². The van der Waals surface area contributed by atoms with Crippen molar-refractivity contribution in [1.82, 2.24) is 0 Å². The van der Waals surface area contributed by atoms with Crippen molar-refractivity contribution >= 4 is 27.5 Å². The van der Waals surface area contributed by atoms with Gasteiger partial charge in [0.15, 0.2) is 5.78 Å². The number of ketones is 1. The van der Waals surface area contributed by atoms with E-state index in [-0.39, 0.29) is 30.1 Å². The van der Waals surface area contributed by atoms with Gasteiger partial charge in [0.2, 0.25) is 10.0 Å². The molecule has 0 unspecified atom stereocenters. The summed E-state index contributed by atoms with van der Waals surface area (Å²) >= 11 is 0. The highest BCUT2D eigenvalue weighted by molar-refractivity contribution is 7.92. The van der Waals surface area contributed by atoms with Crippen LogP contribution in [0, 0.1) is 0 Å². The van der Waals surface area contributed by atoms with Gasteiger partial charge in [0.1, 0.15) is 0 Å². The first-order valence-corrected chi connectivity index (χ1v) is 9.58. The van der Waals surface area contributed by atoms with E-state index in [1.807, 2.05) is 6.07 Å². The standard InChI is InChI=1S/C18H19NO5S/c1-25(22,23)19-16-11-6-5-10-15(16)18(21)24-13-7-12-17(20)14-8-3-2-4-9-14/h2-6,8-11,19H,7,12-13H2,1H3. The van der Waals surface area contributed by atoms with Crippen LogP contribution in [0.25, 0.3) is 0 Å². The number of hydrogen-bond donors (Lipinski definition) is 1. The maximum absolute atomic E-state index is 12.1. The second-order valence-corrected chi connectivity index (χ2v) is 7.20. The lowest BCUT2D eigenvalue weighted by Crippen LogP contribution is -2.15. The van der Waals surface area contributed by atoms with Crippen LogP contribution in [-0.2, 0) is 14.8 Å². The molecule has 0 saturated carbocycles. The topological polar surface area (TPSA) is 89.5 Å². The van der Waals surface area contributed by atoms with Crippen LogP contribution in [0.1, 0.15) is 33.6 Å². The number of Topliss-reactive ketones (excluding diaryl/α,β-unsaturated/α-hetero) is 1. The van der Waals surface area contributed by atoms with Crippen LogP contribution >= 0.6 is 0 Å². The zero-order valence-corrected chi connectivity index (χ0v) is 14.6. The summed E-state index contributed by atoms with van der Waals surface area (Å²) in [7, 11) is -3.50. The Labute approximate surface area is 146 Å². The molecular formula is C18H19NO5S. The molecule has 0 aromatic heterocycles. The first-order valence-electron chi connectivity index (χ1n) is 7.69. The van der Waals surface area contributed by atoms with Gasteiger partial charge in [-0.25, -0.2) is 13.2 Å². The van der Waals surface area contributed by atoms with Crippen LogP contribution in [0.5, 0.6) is 0 Å². The molecule has 7 heteroatoms. The molecule has 0 aliphatic heterocycles. The Hall–Kier alpha value is -2.67. The Morgan fingerprint density at radius 3 is 2.32 bits per heavy atom. The smallest absolute Gasteiger partial charge is 0.340 e. The maximum Gasteiger partial charge on any atom is 0.340 e. The molecule has 1 N–H and O–H groups in total. The number of para-hydroxylation sites is 1. The molecule has 0 atom stereocenters. The number of hydrogen-bond acceptors (Lipinski definition) is 5. The van der Waals surface area contributed by atoms with Gasteiger partial charge in [0.05, 0.1) is 24.1 Å². The lowest BCUT2D eigenvalue weighted by Gasteiger charge is -2.10. The zero-order chi connectivity index (χ0) is 18.3. The lowest BCUT2D eigenvalue weighted by molar-refractivity contribution is 0.0495. The number of rotatable bonds is 8. The van der Waals surface area contributed by atoms with Crippen molar-refractivity contribution in [1.29, 1.82) is 0 Å². The average molecular weight is 361 g/mol. The molecular weight excluding hydrogens is 342 g/mol. The summed E-state index contributed by atoms with van der Waals surface area (Å²) in [4.78, 5) is 24.1. The van der Waals surface area contributed by atoms with Crippen molar-refractivity contribution in [3.63, 3.8) is 0 Å². The number of nitrogens with one attached hydrogen (secondary N) is 1. The molecule has 0 bridgehead atoms. The second kappa shape index (κ2) is 8.43. The quantitative estimate of drug-likeness (QED) is 0.444. The summed E-state index contributed by atoms with van der Waals surface area (Å²) < 4.78 is 30.1. The minimum absolute atomic E-state index is 0.0178. The summed E-state index contributed by atoms with van der Waals surface area (Å²) in [6.45, 7) is 0.0740. The summed E-state index contributed by atoms with van der Waals surface area (Å²) in [6.07, 6.45) is 1.66. The third-order valence-electron chi connectivity index (χ3n) is 3.32. The lowest BCUT2D eigenvalue weighted by atomic mass is 10.1. The number of carbonyl (C=O) groups excluding carboxylic acids is 2. The summed E-state index contributed by atoms with van der Waals surface area (Å²) in [5, 5.41) is 0. The monoisotopic (exact) mass is 361 g/mol. The van der Waals surface area contributed by atoms with Crippen molar-refractivity contribution in [3.05, 3.63) is 65.7 Å². The maximum atomic E-state index is 12.1. The number of esters is 1. The minimum atomic E-state index is -3.50. The van der Waals surface area contributed by atoms with Gasteiger partial charge >= 0.3 is 5.97 Å². The molecule has 0 fully saturated rings. The van der Waals surface area contributed by atoms with Gasteiger partial charge in [-0.2, -0.15) is 0 Å². The molecule has 132 valence electrons. The van der Waals surface area contributed by atoms with Crippen molar-refractivity contribution in [2.24, 2.45) is 0 Å². The SMILES string of the molecule is CS(=O)(=O)Nc1ccccc1C(=O)OCCCC(=O)c1ccccc1. The van der Waals surface area contributed by atoms with Crippen LogP contribution in [-0.4, -0.2) is 33.0 Å². The molecule has 0 spiro atoms. The molecule has 0 aliphatic rings. The largest absolute Gasteiger partial charge is 0.462 e. The number of ether oxygens (including phenoxy) is 1. The van der Waals surface area contributed by atoms with Crippen molar-refractivity contribution in [2.45, 2.75) is 12.8 Å². The minimum Gasteiger partial charge on any atom is -0.462 e. The molecule has 0 heterocycles. The number of carbonyl (C=O) groups is 2. The molecule has 2 rings (SSSR count). The van der Waals surface area contributed by atoms with E-state index in [2.05, 4.69) is 4.72 Å². The van der Waals surface area contributed by atoms with E-state index in [9.17, 15) is 18.0 Å². The van der Waals surface area contributed by atoms with Crippen molar-refractivity contribution in [2.75, 3.05) is 17.6 Å². The molecule has 25 heavy (non-hydrogen) atoms. The molecule has 0 aliphatic carbocycles. The van der Waals surface area contributed by atoms with Gasteiger partial charge < -0.3 is 4.74 Å². The Morgan fingerprint density at radius 1 is 1.00 bits per heavy atom. The van der Waals surface area contributed by atoms with E-state index in [4.69, 9.17) is 4.74 Å². The van der Waals surface area contributed by atoms with Gasteiger partial charge in [-0.3, -0.25) is 9.52 Å². The number of sulfonamides is 1. The normalized spacial score (nSPS) is 10.9. The van der Waals surface area contributed by atoms with Crippen LogP contribution in [0.3, 0.4) is 0 Å². The third-order valence-corrected chi connectivity index (χ3v) is 3.91. The van der Waals surface area contributed by atoms with E-state index >= 15 is 0 Å². The fourth-order valence-corrected chi connectivity index (χ4v) is 2.77. The van der Waals surface area contributed by atoms with E-state index in [1.54, 1.807) is 36.4 Å². The Kier molecular flexibility index (Phi) is 6.30. The first-order chi connectivity index (χ1) is 11.9. The van der Waals surface area contributed by atoms with Crippen molar-refractivity contribution in [3.8, 4) is 0 Å². The Morgan fingerprint density at radius 2 is 1.64 bits per heavy atom. The summed E-state index contributed by atoms with van der Waals surface area (Å²) in [5.41, 5.74) is 0.911. The molecule has 2 aromatic rings. The van der Waals surface area contributed by atoms with Gasteiger partial charge in [0.25, 0.3) is 0 Å². The summed E-state index contributed by atoms with van der Waals surface area (Å²) in [5.74, 6) is -0.658. The van der Waals surface area contributed by atoms with Gasteiger partial charge in [-0.1, -0.05) is 42.5 Å². The highest BCUT2D eigenvalue weighted by Gasteiger charge is 2.15. The molecule has 0 saturated heterocycles. The highest BCUT2D eigenvalue weighted by atomic mass is 32.2. The third kappa shape index (κ3) is 6.04. The van der Waals surface area contributed by atoms with E-state index in [0.717, 1.165) is 6.26 Å². The molecule has 6 nitrogen and oxygen atoms in total. The number of anilines is 1. The van der Waals surface area contributed by atoms with Crippen LogP contribution in [0.2, 0.25) is 0 Å². The predicted octanol–water partition coefficient (Wildman–Crippen LogP) is 2.88. The summed E-state index contributed by atoms with van der Waals surface area (Å²) in [6, 6.07) is 15.1. The van der Waals surface area contributed by atoms with Gasteiger partial charge in [0, 0.05) is 12.0 Å². The Bertz CT molecular complexity index is 847. The van der Waals surface area contributed by atoms with E-state index in [1.165, 1.54) is 12.1 Å². The predicted molar refractivity (Wildman–Crippen MR) is 95.2 cm³/mol. The molecule has 0 radical (unpaired) electrons. The van der Waals surface area contributed by atoms with E-state index in [0.29, 0.717) is 12.0 Å². The van der Waals surface area contributed by atoms with Crippen LogP contribution in [0.4, 0.5) is 5.69 Å². The highest BCUT2D eigenvalue weighted by Crippen LogP contribution is 2.17. The van der Waals surface area contributed by atoms with Gasteiger partial charge in [-0.05, 0) is 18.6 Å².